The minimum atomic E-state index is -0.939. The fraction of sp³-hybridized carbons (Fsp3) is 0.368. The van der Waals surface area contributed by atoms with Gasteiger partial charge in [0, 0.05) is 90.4 Å². The summed E-state index contributed by atoms with van der Waals surface area (Å²) < 4.78 is 31.9. The summed E-state index contributed by atoms with van der Waals surface area (Å²) in [6.45, 7) is 10.2. The Hall–Kier alpha value is -7.00. The summed E-state index contributed by atoms with van der Waals surface area (Å²) in [7, 11) is 0. The number of β-amino-alcohol motifs (C(OH)–C–C–N with tert-alkyl or cyclic N) is 1. The first-order valence-corrected chi connectivity index (χ1v) is 26.8. The molecule has 5 N–H and O–H groups in total. The number of rotatable bonds is 23. The van der Waals surface area contributed by atoms with Gasteiger partial charge >= 0.3 is 0 Å². The van der Waals surface area contributed by atoms with Crippen LogP contribution in [0.2, 0.25) is 5.02 Å². The van der Waals surface area contributed by atoms with E-state index in [0.717, 1.165) is 32.8 Å². The number of carbonyl (C=O) groups is 4. The number of fused-ring (bicyclic) bond motifs is 3. The number of hydrogen-bond donors (Lipinski definition) is 5. The summed E-state index contributed by atoms with van der Waals surface area (Å²) in [5.74, 6) is -1.47. The van der Waals surface area contributed by atoms with E-state index in [0.29, 0.717) is 90.8 Å². The van der Waals surface area contributed by atoms with Gasteiger partial charge in [0.25, 0.3) is 5.91 Å². The molecule has 4 amide bonds. The van der Waals surface area contributed by atoms with Crippen molar-refractivity contribution in [3.05, 3.63) is 147 Å². The molecule has 2 aliphatic rings. The van der Waals surface area contributed by atoms with Gasteiger partial charge in [-0.1, -0.05) is 74.8 Å². The Morgan fingerprint density at radius 2 is 1.61 bits per heavy atom. The molecule has 0 spiro atoms. The summed E-state index contributed by atoms with van der Waals surface area (Å²) >= 11 is 7.97. The molecule has 0 saturated carbocycles. The van der Waals surface area contributed by atoms with Crippen LogP contribution in [0.15, 0.2) is 108 Å². The summed E-state index contributed by atoms with van der Waals surface area (Å²) in [6, 6.07) is 24.8. The second kappa shape index (κ2) is 26.4. The van der Waals surface area contributed by atoms with Crippen molar-refractivity contribution < 1.29 is 42.9 Å². The Morgan fingerprint density at radius 3 is 2.34 bits per heavy atom. The Balaban J connectivity index is 0.679. The van der Waals surface area contributed by atoms with E-state index in [1.54, 1.807) is 72.1 Å². The molecule has 0 aliphatic carbocycles. The number of thiazole rings is 1. The zero-order valence-corrected chi connectivity index (χ0v) is 45.0. The first-order chi connectivity index (χ1) is 37.1. The summed E-state index contributed by atoms with van der Waals surface area (Å²) in [4.78, 5) is 74.2. The normalized spacial score (nSPS) is 15.4. The van der Waals surface area contributed by atoms with Gasteiger partial charge < -0.3 is 45.5 Å². The van der Waals surface area contributed by atoms with Gasteiger partial charge in [0.15, 0.2) is 0 Å². The number of benzene rings is 4. The number of hydrogen-bond acceptors (Lipinski definition) is 14. The highest BCUT2D eigenvalue weighted by Crippen LogP contribution is 2.35. The highest BCUT2D eigenvalue weighted by atomic mass is 35.5. The number of nitrogens with one attached hydrogen (secondary N) is 4. The first-order valence-electron chi connectivity index (χ1n) is 25.5. The number of amides is 4. The van der Waals surface area contributed by atoms with Crippen LogP contribution in [-0.4, -0.2) is 125 Å². The molecule has 8 rings (SSSR count). The number of aliphatic hydroxyl groups is 1. The van der Waals surface area contributed by atoms with Crippen LogP contribution in [0.1, 0.15) is 78.3 Å². The molecule has 17 nitrogen and oxygen atoms in total. The van der Waals surface area contributed by atoms with Crippen molar-refractivity contribution in [3.63, 3.8) is 0 Å². The van der Waals surface area contributed by atoms with Crippen molar-refractivity contribution in [2.24, 2.45) is 10.4 Å². The average molecular weight is 1090 g/mol. The minimum Gasteiger partial charge on any atom is -0.391 e. The fourth-order valence-corrected chi connectivity index (χ4v) is 9.89. The number of anilines is 2. The van der Waals surface area contributed by atoms with E-state index < -0.39 is 29.5 Å². The van der Waals surface area contributed by atoms with Crippen LogP contribution in [0, 0.1) is 18.2 Å². The maximum absolute atomic E-state index is 14.9. The third-order valence-electron chi connectivity index (χ3n) is 13.0. The molecule has 0 radical (unpaired) electrons. The first kappa shape index (κ1) is 56.2. The van der Waals surface area contributed by atoms with Crippen LogP contribution in [0.4, 0.5) is 16.0 Å². The smallest absolute Gasteiger partial charge is 0.251 e. The van der Waals surface area contributed by atoms with E-state index in [9.17, 15) is 28.7 Å². The average Bonchev–Trinajstić information content (AvgIpc) is 4.01. The topological polar surface area (TPSA) is 219 Å². The van der Waals surface area contributed by atoms with E-state index in [1.807, 2.05) is 63.5 Å². The lowest BCUT2D eigenvalue weighted by molar-refractivity contribution is -0.144. The zero-order valence-electron chi connectivity index (χ0n) is 43.4. The largest absolute Gasteiger partial charge is 0.391 e. The molecule has 3 atom stereocenters. The molecular weight excluding hydrogens is 1030 g/mol. The summed E-state index contributed by atoms with van der Waals surface area (Å²) in [5, 5.41) is 22.9. The van der Waals surface area contributed by atoms with Crippen LogP contribution in [0.3, 0.4) is 0 Å². The number of likely N-dealkylation sites (tertiary alicyclic amines) is 1. The van der Waals surface area contributed by atoms with E-state index in [2.05, 4.69) is 31.2 Å². The highest BCUT2D eigenvalue weighted by molar-refractivity contribution is 7.13. The van der Waals surface area contributed by atoms with Gasteiger partial charge in [-0.2, -0.15) is 0 Å². The quantitative estimate of drug-likeness (QED) is 0.0388. The maximum Gasteiger partial charge on any atom is 0.251 e. The third-order valence-corrected chi connectivity index (χ3v) is 14.2. The summed E-state index contributed by atoms with van der Waals surface area (Å²) in [5.41, 5.74) is 8.85. The number of halogens is 2. The van der Waals surface area contributed by atoms with Gasteiger partial charge in [0.2, 0.25) is 23.7 Å². The number of aryl methyl sites for hydroxylation is 1. The number of aliphatic hydroxyl groups excluding tert-OH is 1. The predicted octanol–water partition coefficient (Wildman–Crippen LogP) is 7.83. The molecule has 2 aromatic heterocycles. The molecule has 20 heteroatoms. The van der Waals surface area contributed by atoms with E-state index in [-0.39, 0.29) is 62.6 Å². The van der Waals surface area contributed by atoms with Crippen LogP contribution >= 0.6 is 22.9 Å². The molecule has 77 heavy (non-hydrogen) atoms. The molecule has 4 aromatic carbocycles. The van der Waals surface area contributed by atoms with Gasteiger partial charge in [-0.3, -0.25) is 24.2 Å². The van der Waals surface area contributed by atoms with E-state index in [4.69, 9.17) is 35.8 Å². The molecular formula is C57H63ClFN9O8S. The van der Waals surface area contributed by atoms with E-state index >= 15 is 0 Å². The van der Waals surface area contributed by atoms with Gasteiger partial charge in [-0.15, -0.1) is 11.3 Å². The molecule has 404 valence electrons. The molecule has 0 bridgehead atoms. The Kier molecular flexibility index (Phi) is 19.2. The van der Waals surface area contributed by atoms with Crippen molar-refractivity contribution >= 4 is 63.9 Å². The lowest BCUT2D eigenvalue weighted by Gasteiger charge is -2.35. The van der Waals surface area contributed by atoms with Crippen molar-refractivity contribution in [2.45, 2.75) is 78.2 Å². The van der Waals surface area contributed by atoms with E-state index in [1.165, 1.54) is 11.0 Å². The monoisotopic (exact) mass is 1090 g/mol. The summed E-state index contributed by atoms with van der Waals surface area (Å²) in [6.07, 6.45) is 1.54. The second-order valence-electron chi connectivity index (χ2n) is 19.7. The van der Waals surface area contributed by atoms with Crippen LogP contribution in [0.5, 0.6) is 0 Å². The van der Waals surface area contributed by atoms with Crippen molar-refractivity contribution in [3.8, 4) is 21.7 Å². The standard InChI is InChI=1S/C57H63ClFN9O8S/c1-35-51(77-34-64-35)37-12-10-36(11-13-37)30-62-54(72)47-29-42(69)33-68(47)55(73)52(57(2,3)4)66-48(70)20-24-74-22-7-23-75-26-27-76-25-21-60-53(71)38-14-17-41(18-15-38)65-56-63-32-39-31-61-50(44-8-5-6-9-46(44)59)45-28-40(58)16-19-43(45)49(39)67-56/h5-6,8-19,28,32,34,42,47,52,69H,7,20-27,29-31,33H2,1-4H3,(H,60,71)(H,62,72)(H,66,70)(H,63,65,67)/t42-,47+,52-/m1/s1. The molecule has 6 aromatic rings. The third kappa shape index (κ3) is 14.9. The number of ether oxygens (including phenoxy) is 3. The molecule has 1 saturated heterocycles. The van der Waals surface area contributed by atoms with Crippen molar-refractivity contribution in [1.29, 1.82) is 0 Å². The van der Waals surface area contributed by atoms with Gasteiger partial charge in [-0.05, 0) is 78.4 Å². The van der Waals surface area contributed by atoms with Crippen molar-refractivity contribution in [1.82, 2.24) is 35.8 Å². The fourth-order valence-electron chi connectivity index (χ4n) is 8.91. The van der Waals surface area contributed by atoms with Gasteiger partial charge in [-0.25, -0.2) is 19.3 Å². The number of aromatic nitrogens is 3. The number of carbonyl (C=O) groups excluding carboxylic acids is 4. The number of nitrogens with zero attached hydrogens (tertiary/aromatic N) is 5. The highest BCUT2D eigenvalue weighted by Gasteiger charge is 2.44. The molecule has 2 aliphatic heterocycles. The SMILES string of the molecule is Cc1ncsc1-c1ccc(CNC(=O)[C@@H]2C[C@@H](O)CN2C(=O)[C@@H](NC(=O)CCOCCCOCCOCCNC(=O)c2ccc(Nc3ncc4c(n3)-c3ccc(Cl)cc3C(c3ccccc3F)=NC4)cc2)C(C)(C)C)cc1. The van der Waals surface area contributed by atoms with Crippen molar-refractivity contribution in [2.75, 3.05) is 58.0 Å². The second-order valence-corrected chi connectivity index (χ2v) is 21.0. The maximum atomic E-state index is 14.9. The Bertz CT molecular complexity index is 3060. The van der Waals surface area contributed by atoms with Crippen LogP contribution in [-0.2, 0) is 41.7 Å². The minimum absolute atomic E-state index is 0.0139. The zero-order chi connectivity index (χ0) is 54.5. The Morgan fingerprint density at radius 1 is 0.870 bits per heavy atom. The predicted molar refractivity (Wildman–Crippen MR) is 294 cm³/mol. The molecule has 4 heterocycles. The van der Waals surface area contributed by atoms with Gasteiger partial charge in [0.05, 0.1) is 66.6 Å². The lowest BCUT2D eigenvalue weighted by Crippen LogP contribution is -2.57. The van der Waals surface area contributed by atoms with Gasteiger partial charge in [0.1, 0.15) is 17.9 Å². The van der Waals surface area contributed by atoms with Crippen LogP contribution in [0.25, 0.3) is 21.7 Å². The lowest BCUT2D eigenvalue weighted by atomic mass is 9.85. The molecule has 0 unspecified atom stereocenters. The number of aliphatic imine (C=N–C) groups is 1. The Labute approximate surface area is 456 Å². The molecule has 1 fully saturated rings. The van der Waals surface area contributed by atoms with Crippen LogP contribution < -0.4 is 21.3 Å².